The monoisotopic (exact) mass is 1090 g/mol. The second-order valence-electron chi connectivity index (χ2n) is 24.1. The SMILES string of the molecule is C1=CC(c2ccc(N(c3ccccc3)c3ccccc3)cc2)C=C2C(=C1)c1ccc(/C=C/c3ccc4c(c3)C3(c5ccccc5-c5ccccc53)c3cc(N(c5ccccc5)c5ccccc5)ccc3-4)cc1C21c2ccccc2[C@H]2CCCCC21. The summed E-state index contributed by atoms with van der Waals surface area (Å²) in [4.78, 5) is 4.76. The zero-order chi connectivity index (χ0) is 56.1. The van der Waals surface area contributed by atoms with Crippen LogP contribution in [-0.4, -0.2) is 0 Å². The van der Waals surface area contributed by atoms with Gasteiger partial charge in [0.2, 0.25) is 0 Å². The lowest BCUT2D eigenvalue weighted by Crippen LogP contribution is -2.35. The van der Waals surface area contributed by atoms with Crippen molar-refractivity contribution >= 4 is 51.8 Å². The van der Waals surface area contributed by atoms with E-state index < -0.39 is 5.41 Å². The summed E-state index contributed by atoms with van der Waals surface area (Å²) >= 11 is 0. The van der Waals surface area contributed by atoms with Gasteiger partial charge >= 0.3 is 0 Å². The standard InChI is InChI=1S/C83H62N2/c1-5-23-60(24-6-1)84(61-25-7-2-8-26-61)64-46-44-58(45-47-64)59-22-21-35-70-71-49-42-56(52-78(71)82(80(70)54-59)74-36-17-13-31-66(74)67-32-14-18-37-75(67)82)40-41-57-43-50-72-73-51-48-65(85(62-27-9-3-10-28-62)63-29-11-4-12-30-63)55-81(73)83(79(72)53-57)76-38-19-15-33-68(76)69-34-16-20-39-77(69)83/h1-13,15-17,19-31,33-36,38-55,59,67,75H,14,18,32,37H2/b41-40+/t59?,67-,75?,82?/m1/s1. The maximum Gasteiger partial charge on any atom is 0.0726 e. The van der Waals surface area contributed by atoms with Crippen LogP contribution in [0.5, 0.6) is 0 Å². The molecule has 1 saturated carbocycles. The van der Waals surface area contributed by atoms with Crippen molar-refractivity contribution in [1.29, 1.82) is 0 Å². The van der Waals surface area contributed by atoms with Gasteiger partial charge in [0.25, 0.3) is 0 Å². The Morgan fingerprint density at radius 2 is 0.824 bits per heavy atom. The van der Waals surface area contributed by atoms with Crippen molar-refractivity contribution in [3.63, 3.8) is 0 Å². The number of nitrogens with zero attached hydrogens (tertiary/aromatic N) is 2. The minimum Gasteiger partial charge on any atom is -0.311 e. The van der Waals surface area contributed by atoms with Crippen molar-refractivity contribution in [1.82, 2.24) is 0 Å². The summed E-state index contributed by atoms with van der Waals surface area (Å²) in [5, 5.41) is 0. The molecule has 2 spiro atoms. The van der Waals surface area contributed by atoms with Gasteiger partial charge in [-0.2, -0.15) is 0 Å². The van der Waals surface area contributed by atoms with Crippen LogP contribution in [0, 0.1) is 5.92 Å². The van der Waals surface area contributed by atoms with Gasteiger partial charge in [0.05, 0.1) is 5.41 Å². The smallest absolute Gasteiger partial charge is 0.0726 e. The Labute approximate surface area is 499 Å². The van der Waals surface area contributed by atoms with E-state index in [4.69, 9.17) is 0 Å². The van der Waals surface area contributed by atoms with E-state index in [9.17, 15) is 0 Å². The van der Waals surface area contributed by atoms with E-state index in [1.807, 2.05) is 0 Å². The van der Waals surface area contributed by atoms with Crippen LogP contribution < -0.4 is 9.80 Å². The Morgan fingerprint density at radius 3 is 1.44 bits per heavy atom. The second-order valence-corrected chi connectivity index (χ2v) is 24.1. The molecule has 404 valence electrons. The van der Waals surface area contributed by atoms with Crippen LogP contribution in [0.15, 0.2) is 303 Å². The van der Waals surface area contributed by atoms with E-state index in [0.29, 0.717) is 11.8 Å². The summed E-state index contributed by atoms with van der Waals surface area (Å²) in [6.07, 6.45) is 19.7. The summed E-state index contributed by atoms with van der Waals surface area (Å²) in [5.41, 5.74) is 29.1. The van der Waals surface area contributed by atoms with Crippen LogP contribution >= 0.6 is 0 Å². The fraction of sp³-hybridized carbons (Fsp3) is 0.108. The van der Waals surface area contributed by atoms with Crippen LogP contribution in [0.25, 0.3) is 40.0 Å². The number of hydrogen-bond donors (Lipinski definition) is 0. The molecule has 0 aromatic heterocycles. The van der Waals surface area contributed by atoms with Crippen LogP contribution in [0.3, 0.4) is 0 Å². The molecule has 0 saturated heterocycles. The highest BCUT2D eigenvalue weighted by Gasteiger charge is 2.60. The highest BCUT2D eigenvalue weighted by molar-refractivity contribution is 5.98. The Balaban J connectivity index is 0.779. The largest absolute Gasteiger partial charge is 0.311 e. The van der Waals surface area contributed by atoms with E-state index in [1.165, 1.54) is 115 Å². The fourth-order valence-electron chi connectivity index (χ4n) is 16.6. The molecule has 0 bridgehead atoms. The Bertz CT molecular complexity index is 4420. The van der Waals surface area contributed by atoms with Crippen molar-refractivity contribution in [3.8, 4) is 22.3 Å². The fourth-order valence-corrected chi connectivity index (χ4v) is 16.6. The molecular weight excluding hydrogens is 1020 g/mol. The summed E-state index contributed by atoms with van der Waals surface area (Å²) in [6.45, 7) is 0. The maximum atomic E-state index is 2.67. The van der Waals surface area contributed by atoms with Gasteiger partial charge < -0.3 is 9.80 Å². The zero-order valence-electron chi connectivity index (χ0n) is 47.4. The molecule has 85 heavy (non-hydrogen) atoms. The van der Waals surface area contributed by atoms with Gasteiger partial charge in [0.1, 0.15) is 0 Å². The molecule has 11 aromatic rings. The zero-order valence-corrected chi connectivity index (χ0v) is 47.4. The molecule has 6 aliphatic rings. The molecule has 2 nitrogen and oxygen atoms in total. The molecule has 17 rings (SSSR count). The summed E-state index contributed by atoms with van der Waals surface area (Å²) in [6, 6.07) is 102. The Morgan fingerprint density at radius 1 is 0.365 bits per heavy atom. The third-order valence-electron chi connectivity index (χ3n) is 19.9. The lowest BCUT2D eigenvalue weighted by Gasteiger charge is -2.40. The number of anilines is 6. The maximum absolute atomic E-state index is 2.67. The molecule has 3 unspecified atom stereocenters. The van der Waals surface area contributed by atoms with E-state index in [1.54, 1.807) is 5.56 Å². The van der Waals surface area contributed by atoms with Crippen molar-refractivity contribution < 1.29 is 0 Å². The van der Waals surface area contributed by atoms with Gasteiger partial charge in [-0.15, -0.1) is 0 Å². The lowest BCUT2D eigenvalue weighted by atomic mass is 9.62. The molecule has 2 heteroatoms. The van der Waals surface area contributed by atoms with Crippen molar-refractivity contribution in [3.05, 3.63) is 364 Å². The lowest BCUT2D eigenvalue weighted by molar-refractivity contribution is 0.265. The number of fused-ring (bicyclic) bond motifs is 20. The minimum absolute atomic E-state index is 0.103. The van der Waals surface area contributed by atoms with Crippen LogP contribution in [0.4, 0.5) is 34.1 Å². The number of benzene rings is 11. The molecule has 11 aromatic carbocycles. The molecule has 0 heterocycles. The van der Waals surface area contributed by atoms with Gasteiger partial charge in [-0.05, 0) is 204 Å². The summed E-state index contributed by atoms with van der Waals surface area (Å²) < 4.78 is 0. The highest BCUT2D eigenvalue weighted by Crippen LogP contribution is 2.69. The predicted octanol–water partition coefficient (Wildman–Crippen LogP) is 21.4. The number of allylic oxidation sites excluding steroid dienone is 6. The third kappa shape index (κ3) is 7.51. The number of rotatable bonds is 9. The molecule has 0 N–H and O–H groups in total. The molecule has 1 fully saturated rings. The van der Waals surface area contributed by atoms with Gasteiger partial charge in [-0.25, -0.2) is 0 Å². The Kier molecular flexibility index (Phi) is 11.6. The average molecular weight is 1090 g/mol. The third-order valence-corrected chi connectivity index (χ3v) is 19.9. The number of para-hydroxylation sites is 4. The first-order chi connectivity index (χ1) is 42.2. The second kappa shape index (κ2) is 19.8. The van der Waals surface area contributed by atoms with Gasteiger partial charge in [-0.3, -0.25) is 0 Å². The van der Waals surface area contributed by atoms with E-state index in [-0.39, 0.29) is 11.3 Å². The molecule has 0 amide bonds. The summed E-state index contributed by atoms with van der Waals surface area (Å²) in [5.74, 6) is 1.10. The number of hydrogen-bond acceptors (Lipinski definition) is 2. The highest BCUT2D eigenvalue weighted by atomic mass is 15.1. The molecule has 4 atom stereocenters. The van der Waals surface area contributed by atoms with Crippen molar-refractivity contribution in [2.75, 3.05) is 9.80 Å². The first-order valence-corrected chi connectivity index (χ1v) is 30.6. The van der Waals surface area contributed by atoms with Crippen molar-refractivity contribution in [2.45, 2.75) is 48.3 Å². The van der Waals surface area contributed by atoms with Crippen LogP contribution in [0.1, 0.15) is 98.7 Å². The Hall–Kier alpha value is -10.0. The minimum atomic E-state index is -0.515. The quantitative estimate of drug-likeness (QED) is 0.133. The van der Waals surface area contributed by atoms with E-state index in [0.717, 1.165) is 34.1 Å². The van der Waals surface area contributed by atoms with E-state index >= 15 is 0 Å². The molecule has 6 aliphatic carbocycles. The first-order valence-electron chi connectivity index (χ1n) is 30.6. The van der Waals surface area contributed by atoms with Crippen molar-refractivity contribution in [2.24, 2.45) is 5.92 Å². The van der Waals surface area contributed by atoms with E-state index in [2.05, 4.69) is 319 Å². The molecule has 0 aliphatic heterocycles. The van der Waals surface area contributed by atoms with Gasteiger partial charge in [0, 0.05) is 45.5 Å². The van der Waals surface area contributed by atoms with Crippen LogP contribution in [-0.2, 0) is 10.8 Å². The average Bonchev–Trinajstić information content (AvgIpc) is 1.65. The van der Waals surface area contributed by atoms with Crippen LogP contribution in [0.2, 0.25) is 0 Å². The first kappa shape index (κ1) is 49.6. The molecular formula is C83H62N2. The normalized spacial score (nSPS) is 19.4. The van der Waals surface area contributed by atoms with Gasteiger partial charge in [0.15, 0.2) is 0 Å². The summed E-state index contributed by atoms with van der Waals surface area (Å²) in [7, 11) is 0. The molecule has 0 radical (unpaired) electrons. The predicted molar refractivity (Wildman–Crippen MR) is 354 cm³/mol. The van der Waals surface area contributed by atoms with Gasteiger partial charge in [-0.1, -0.05) is 237 Å². The topological polar surface area (TPSA) is 6.48 Å².